The molecule has 0 spiro atoms. The number of imidazole rings is 1. The summed E-state index contributed by atoms with van der Waals surface area (Å²) in [5.74, 6) is 1.16. The van der Waals surface area contributed by atoms with E-state index in [1.807, 2.05) is 51.1 Å². The summed E-state index contributed by atoms with van der Waals surface area (Å²) < 4.78 is 9.71. The van der Waals surface area contributed by atoms with Crippen molar-refractivity contribution in [3.8, 4) is 5.75 Å². The van der Waals surface area contributed by atoms with E-state index in [1.165, 1.54) is 11.6 Å². The van der Waals surface area contributed by atoms with Crippen LogP contribution in [0.3, 0.4) is 0 Å². The molecule has 0 atom stereocenters. The number of hydrazone groups is 1. The Kier molecular flexibility index (Phi) is 6.36. The van der Waals surface area contributed by atoms with Crippen molar-refractivity contribution in [1.29, 1.82) is 0 Å². The van der Waals surface area contributed by atoms with Gasteiger partial charge in [0, 0.05) is 14.1 Å². The van der Waals surface area contributed by atoms with Gasteiger partial charge < -0.3 is 4.74 Å². The Morgan fingerprint density at radius 2 is 1.79 bits per heavy atom. The van der Waals surface area contributed by atoms with Gasteiger partial charge in [-0.25, -0.2) is 10.2 Å². The molecule has 0 bridgehead atoms. The van der Waals surface area contributed by atoms with E-state index in [4.69, 9.17) is 4.74 Å². The largest absolute Gasteiger partial charge is 0.494 e. The highest BCUT2D eigenvalue weighted by Crippen LogP contribution is 2.20. The first-order valence-corrected chi connectivity index (χ1v) is 11.0. The number of ether oxygens (including phenoxy) is 1. The lowest BCUT2D eigenvalue weighted by molar-refractivity contribution is 0.340. The molecular weight excluding hydrogens is 432 g/mol. The second kappa shape index (κ2) is 9.38. The third kappa shape index (κ3) is 4.36. The number of nitrogens with one attached hydrogen (secondary N) is 1. The lowest BCUT2D eigenvalue weighted by Gasteiger charge is -2.12. The molecule has 9 nitrogen and oxygen atoms in total. The second-order valence-electron chi connectivity index (χ2n) is 8.20. The molecular formula is C25H28N6O3. The molecule has 0 unspecified atom stereocenters. The third-order valence-electron chi connectivity index (χ3n) is 5.75. The number of aryl methyl sites for hydroxylation is 3. The fourth-order valence-corrected chi connectivity index (χ4v) is 3.81. The first-order chi connectivity index (χ1) is 16.3. The van der Waals surface area contributed by atoms with E-state index in [1.54, 1.807) is 17.8 Å². The Morgan fingerprint density at radius 3 is 2.50 bits per heavy atom. The minimum absolute atomic E-state index is 0.303. The maximum absolute atomic E-state index is 13.1. The lowest BCUT2D eigenvalue weighted by atomic mass is 10.1. The van der Waals surface area contributed by atoms with E-state index >= 15 is 0 Å². The number of nitrogens with zero attached hydrogens (tertiary/aromatic N) is 5. The van der Waals surface area contributed by atoms with Crippen molar-refractivity contribution in [3.63, 3.8) is 0 Å². The number of rotatable bonds is 7. The SMILES string of the molecule is CCOc1ccc(C=NNc2nc3c(c(=O)n(C)c(=O)n3C)n2Cc2cc(C)ccc2C)cc1. The molecule has 0 aliphatic heterocycles. The van der Waals surface area contributed by atoms with Gasteiger partial charge in [-0.15, -0.1) is 0 Å². The van der Waals surface area contributed by atoms with Crippen LogP contribution in [0.5, 0.6) is 5.75 Å². The Bertz CT molecular complexity index is 1490. The van der Waals surface area contributed by atoms with Crippen LogP contribution in [0.1, 0.15) is 29.2 Å². The fraction of sp³-hybridized carbons (Fsp3) is 0.280. The molecule has 9 heteroatoms. The standard InChI is InChI=1S/C25H28N6O3/c1-6-34-20-11-9-18(10-12-20)14-26-28-24-27-22-21(23(32)30(5)25(33)29(22)4)31(24)15-19-13-16(2)7-8-17(19)3/h7-14H,6,15H2,1-5H3,(H,27,28). The molecule has 34 heavy (non-hydrogen) atoms. The molecule has 0 aliphatic carbocycles. The van der Waals surface area contributed by atoms with Gasteiger partial charge in [0.05, 0.1) is 19.4 Å². The Morgan fingerprint density at radius 1 is 1.06 bits per heavy atom. The predicted molar refractivity (Wildman–Crippen MR) is 134 cm³/mol. The summed E-state index contributed by atoms with van der Waals surface area (Å²) in [4.78, 5) is 30.1. The van der Waals surface area contributed by atoms with Crippen molar-refractivity contribution in [3.05, 3.63) is 85.6 Å². The number of benzene rings is 2. The summed E-state index contributed by atoms with van der Waals surface area (Å²) >= 11 is 0. The van der Waals surface area contributed by atoms with Crippen LogP contribution in [0.2, 0.25) is 0 Å². The zero-order valence-corrected chi connectivity index (χ0v) is 20.0. The molecule has 0 fully saturated rings. The van der Waals surface area contributed by atoms with E-state index in [0.717, 1.165) is 32.6 Å². The summed E-state index contributed by atoms with van der Waals surface area (Å²) in [7, 11) is 3.07. The Hall–Kier alpha value is -4.14. The molecule has 0 saturated carbocycles. The van der Waals surface area contributed by atoms with Crippen LogP contribution in [-0.4, -0.2) is 31.5 Å². The smallest absolute Gasteiger partial charge is 0.332 e. The summed E-state index contributed by atoms with van der Waals surface area (Å²) in [5, 5.41) is 4.33. The van der Waals surface area contributed by atoms with Crippen LogP contribution in [0.4, 0.5) is 5.95 Å². The summed E-state index contributed by atoms with van der Waals surface area (Å²) in [6, 6.07) is 13.7. The minimum Gasteiger partial charge on any atom is -0.494 e. The van der Waals surface area contributed by atoms with Crippen molar-refractivity contribution < 1.29 is 4.74 Å². The van der Waals surface area contributed by atoms with E-state index in [9.17, 15) is 9.59 Å². The zero-order chi connectivity index (χ0) is 24.4. The second-order valence-corrected chi connectivity index (χ2v) is 8.20. The van der Waals surface area contributed by atoms with E-state index in [2.05, 4.69) is 27.6 Å². The van der Waals surface area contributed by atoms with Crippen LogP contribution < -0.4 is 21.4 Å². The quantitative estimate of drug-likeness (QED) is 0.338. The average Bonchev–Trinajstić information content (AvgIpc) is 3.18. The lowest BCUT2D eigenvalue weighted by Crippen LogP contribution is -2.37. The van der Waals surface area contributed by atoms with Crippen LogP contribution >= 0.6 is 0 Å². The van der Waals surface area contributed by atoms with Gasteiger partial charge in [0.2, 0.25) is 5.95 Å². The van der Waals surface area contributed by atoms with Crippen molar-refractivity contribution >= 4 is 23.3 Å². The predicted octanol–water partition coefficient (Wildman–Crippen LogP) is 2.94. The summed E-state index contributed by atoms with van der Waals surface area (Å²) in [5.41, 5.74) is 6.91. The highest BCUT2D eigenvalue weighted by atomic mass is 16.5. The van der Waals surface area contributed by atoms with Crippen LogP contribution in [0.25, 0.3) is 11.2 Å². The number of hydrogen-bond donors (Lipinski definition) is 1. The molecule has 2 heterocycles. The number of anilines is 1. The molecule has 2 aromatic carbocycles. The van der Waals surface area contributed by atoms with Crippen LogP contribution in [0.15, 0.2) is 57.2 Å². The zero-order valence-electron chi connectivity index (χ0n) is 20.0. The highest BCUT2D eigenvalue weighted by molar-refractivity contribution is 5.80. The third-order valence-corrected chi connectivity index (χ3v) is 5.75. The van der Waals surface area contributed by atoms with Crippen LogP contribution in [-0.2, 0) is 20.6 Å². The first kappa shape index (κ1) is 23.0. The maximum Gasteiger partial charge on any atom is 0.332 e. The molecule has 176 valence electrons. The highest BCUT2D eigenvalue weighted by Gasteiger charge is 2.19. The molecule has 0 amide bonds. The van der Waals surface area contributed by atoms with Gasteiger partial charge >= 0.3 is 5.69 Å². The Balaban J connectivity index is 1.77. The van der Waals surface area contributed by atoms with E-state index in [0.29, 0.717) is 30.3 Å². The van der Waals surface area contributed by atoms with Crippen molar-refractivity contribution in [2.24, 2.45) is 19.2 Å². The van der Waals surface area contributed by atoms with Gasteiger partial charge in [-0.3, -0.25) is 18.5 Å². The fourth-order valence-electron chi connectivity index (χ4n) is 3.81. The van der Waals surface area contributed by atoms with E-state index < -0.39 is 11.2 Å². The normalized spacial score (nSPS) is 11.4. The monoisotopic (exact) mass is 460 g/mol. The summed E-state index contributed by atoms with van der Waals surface area (Å²) in [6.07, 6.45) is 1.66. The Labute approximate surface area is 196 Å². The minimum atomic E-state index is -0.432. The molecule has 4 rings (SSSR count). The topological polar surface area (TPSA) is 95.4 Å². The number of hydrogen-bond acceptors (Lipinski definition) is 6. The van der Waals surface area contributed by atoms with Gasteiger partial charge in [0.15, 0.2) is 11.2 Å². The van der Waals surface area contributed by atoms with E-state index in [-0.39, 0.29) is 0 Å². The van der Waals surface area contributed by atoms with Gasteiger partial charge in [-0.05, 0) is 61.7 Å². The molecule has 2 aromatic heterocycles. The summed E-state index contributed by atoms with van der Waals surface area (Å²) in [6.45, 7) is 7.00. The molecule has 0 aliphatic rings. The van der Waals surface area contributed by atoms with Crippen molar-refractivity contribution in [2.75, 3.05) is 12.0 Å². The molecule has 4 aromatic rings. The van der Waals surface area contributed by atoms with Crippen molar-refractivity contribution in [1.82, 2.24) is 18.7 Å². The number of aromatic nitrogens is 4. The average molecular weight is 461 g/mol. The maximum atomic E-state index is 13.1. The first-order valence-electron chi connectivity index (χ1n) is 11.0. The molecule has 1 N–H and O–H groups in total. The van der Waals surface area contributed by atoms with Gasteiger partial charge in [0.25, 0.3) is 5.56 Å². The van der Waals surface area contributed by atoms with Crippen LogP contribution in [0, 0.1) is 13.8 Å². The molecule has 0 saturated heterocycles. The number of fused-ring (bicyclic) bond motifs is 1. The van der Waals surface area contributed by atoms with Gasteiger partial charge in [0.1, 0.15) is 5.75 Å². The van der Waals surface area contributed by atoms with Crippen molar-refractivity contribution in [2.45, 2.75) is 27.3 Å². The van der Waals surface area contributed by atoms with Gasteiger partial charge in [-0.2, -0.15) is 10.1 Å². The molecule has 0 radical (unpaired) electrons. The van der Waals surface area contributed by atoms with Gasteiger partial charge in [-0.1, -0.05) is 23.8 Å².